The highest BCUT2D eigenvalue weighted by atomic mass is 35.5. The van der Waals surface area contributed by atoms with Crippen molar-refractivity contribution in [2.24, 2.45) is 0 Å². The van der Waals surface area contributed by atoms with Gasteiger partial charge in [0.25, 0.3) is 0 Å². The molecule has 0 aliphatic carbocycles. The molecule has 0 spiro atoms. The van der Waals surface area contributed by atoms with Gasteiger partial charge in [0.05, 0.1) is 11.3 Å². The standard InChI is InChI=1S/C18H13ClN4OS/c1-11-20-15-8-3-2-7-14(15)18(21-11)25-10-16-22-17(23-24-16)12-5-4-6-13(19)9-12/h2-9H,10H2,1H3. The van der Waals surface area contributed by atoms with Crippen LogP contribution in [0.5, 0.6) is 0 Å². The van der Waals surface area contributed by atoms with Gasteiger partial charge in [-0.2, -0.15) is 4.98 Å². The number of hydrogen-bond acceptors (Lipinski definition) is 6. The Kier molecular flexibility index (Phi) is 4.38. The highest BCUT2D eigenvalue weighted by Crippen LogP contribution is 2.28. The van der Waals surface area contributed by atoms with Crippen LogP contribution in [0.3, 0.4) is 0 Å². The highest BCUT2D eigenvalue weighted by molar-refractivity contribution is 7.98. The Morgan fingerprint density at radius 1 is 1.04 bits per heavy atom. The molecule has 7 heteroatoms. The van der Waals surface area contributed by atoms with Gasteiger partial charge in [0, 0.05) is 16.0 Å². The number of para-hydroxylation sites is 1. The van der Waals surface area contributed by atoms with Crippen molar-refractivity contribution < 1.29 is 4.52 Å². The quantitative estimate of drug-likeness (QED) is 0.375. The summed E-state index contributed by atoms with van der Waals surface area (Å²) in [5.41, 5.74) is 1.76. The maximum atomic E-state index is 6.01. The molecule has 124 valence electrons. The average molecular weight is 369 g/mol. The Morgan fingerprint density at radius 2 is 1.92 bits per heavy atom. The Hall–Kier alpha value is -2.44. The van der Waals surface area contributed by atoms with E-state index in [1.165, 1.54) is 0 Å². The number of thioether (sulfide) groups is 1. The van der Waals surface area contributed by atoms with Crippen molar-refractivity contribution in [1.29, 1.82) is 0 Å². The zero-order valence-corrected chi connectivity index (χ0v) is 14.9. The van der Waals surface area contributed by atoms with E-state index in [2.05, 4.69) is 20.1 Å². The van der Waals surface area contributed by atoms with Crippen LogP contribution in [-0.2, 0) is 5.75 Å². The van der Waals surface area contributed by atoms with Gasteiger partial charge >= 0.3 is 0 Å². The van der Waals surface area contributed by atoms with Crippen molar-refractivity contribution in [2.75, 3.05) is 0 Å². The van der Waals surface area contributed by atoms with Crippen LogP contribution < -0.4 is 0 Å². The molecule has 2 heterocycles. The number of nitrogens with zero attached hydrogens (tertiary/aromatic N) is 4. The lowest BCUT2D eigenvalue weighted by Gasteiger charge is -2.04. The highest BCUT2D eigenvalue weighted by Gasteiger charge is 2.12. The second-order valence-corrected chi connectivity index (χ2v) is 6.80. The van der Waals surface area contributed by atoms with Crippen LogP contribution in [-0.4, -0.2) is 20.1 Å². The fraction of sp³-hybridized carbons (Fsp3) is 0.111. The summed E-state index contributed by atoms with van der Waals surface area (Å²) in [7, 11) is 0. The minimum absolute atomic E-state index is 0.529. The van der Waals surface area contributed by atoms with Crippen molar-refractivity contribution >= 4 is 34.3 Å². The van der Waals surface area contributed by atoms with E-state index in [0.29, 0.717) is 22.5 Å². The van der Waals surface area contributed by atoms with Crippen LogP contribution >= 0.6 is 23.4 Å². The number of aryl methyl sites for hydroxylation is 1. The summed E-state index contributed by atoms with van der Waals surface area (Å²) >= 11 is 7.56. The van der Waals surface area contributed by atoms with E-state index in [1.54, 1.807) is 11.8 Å². The maximum Gasteiger partial charge on any atom is 0.237 e. The third kappa shape index (κ3) is 3.50. The average Bonchev–Trinajstić information content (AvgIpc) is 3.08. The number of hydrogen-bond donors (Lipinski definition) is 0. The number of benzene rings is 2. The maximum absolute atomic E-state index is 6.01. The predicted octanol–water partition coefficient (Wildman–Crippen LogP) is 4.93. The molecular weight excluding hydrogens is 356 g/mol. The van der Waals surface area contributed by atoms with E-state index >= 15 is 0 Å². The monoisotopic (exact) mass is 368 g/mol. The van der Waals surface area contributed by atoms with E-state index in [0.717, 1.165) is 27.3 Å². The first kappa shape index (κ1) is 16.1. The largest absolute Gasteiger partial charge is 0.338 e. The van der Waals surface area contributed by atoms with Gasteiger partial charge in [-0.15, -0.1) is 0 Å². The van der Waals surface area contributed by atoms with Crippen LogP contribution in [0.15, 0.2) is 58.1 Å². The molecule has 5 nitrogen and oxygen atoms in total. The number of aromatic nitrogens is 4. The summed E-state index contributed by atoms with van der Waals surface area (Å²) in [6.07, 6.45) is 0. The molecule has 0 saturated heterocycles. The van der Waals surface area contributed by atoms with Gasteiger partial charge in [0.2, 0.25) is 11.7 Å². The van der Waals surface area contributed by atoms with Gasteiger partial charge in [-0.3, -0.25) is 0 Å². The van der Waals surface area contributed by atoms with E-state index in [4.69, 9.17) is 16.1 Å². The van der Waals surface area contributed by atoms with Gasteiger partial charge in [0.1, 0.15) is 10.9 Å². The third-order valence-electron chi connectivity index (χ3n) is 3.56. The number of rotatable bonds is 4. The van der Waals surface area contributed by atoms with Crippen molar-refractivity contribution in [2.45, 2.75) is 17.7 Å². The van der Waals surface area contributed by atoms with Crippen LogP contribution in [0.25, 0.3) is 22.3 Å². The van der Waals surface area contributed by atoms with Crippen LogP contribution in [0, 0.1) is 6.92 Å². The fourth-order valence-corrected chi connectivity index (χ4v) is 3.55. The lowest BCUT2D eigenvalue weighted by Crippen LogP contribution is -1.93. The zero-order chi connectivity index (χ0) is 17.2. The molecule has 0 N–H and O–H groups in total. The molecule has 25 heavy (non-hydrogen) atoms. The molecule has 2 aromatic carbocycles. The third-order valence-corrected chi connectivity index (χ3v) is 4.77. The van der Waals surface area contributed by atoms with Crippen molar-refractivity contribution in [3.05, 3.63) is 65.3 Å². The van der Waals surface area contributed by atoms with Gasteiger partial charge < -0.3 is 4.52 Å². The van der Waals surface area contributed by atoms with Crippen molar-refractivity contribution in [1.82, 2.24) is 20.1 Å². The SMILES string of the molecule is Cc1nc(SCc2nc(-c3cccc(Cl)c3)no2)c2ccccc2n1. The molecular formula is C18H13ClN4OS. The number of fused-ring (bicyclic) bond motifs is 1. The van der Waals surface area contributed by atoms with Crippen LogP contribution in [0.1, 0.15) is 11.7 Å². The first-order valence-corrected chi connectivity index (χ1v) is 9.00. The normalized spacial score (nSPS) is 11.1. The second kappa shape index (κ2) is 6.82. The molecule has 0 aliphatic heterocycles. The molecule has 0 bridgehead atoms. The molecule has 0 fully saturated rings. The summed E-state index contributed by atoms with van der Waals surface area (Å²) < 4.78 is 5.35. The molecule has 0 unspecified atom stereocenters. The van der Waals surface area contributed by atoms with Gasteiger partial charge in [-0.25, -0.2) is 9.97 Å². The Morgan fingerprint density at radius 3 is 2.80 bits per heavy atom. The molecule has 0 radical (unpaired) electrons. The Labute approximate surface area is 153 Å². The molecule has 4 rings (SSSR count). The summed E-state index contributed by atoms with van der Waals surface area (Å²) in [6, 6.07) is 15.3. The van der Waals surface area contributed by atoms with Gasteiger partial charge in [0.15, 0.2) is 0 Å². The minimum atomic E-state index is 0.529. The summed E-state index contributed by atoms with van der Waals surface area (Å²) in [6.45, 7) is 1.89. The molecule has 4 aromatic rings. The van der Waals surface area contributed by atoms with Gasteiger partial charge in [-0.05, 0) is 25.1 Å². The first-order chi connectivity index (χ1) is 12.2. The predicted molar refractivity (Wildman–Crippen MR) is 98.6 cm³/mol. The van der Waals surface area contributed by atoms with E-state index in [-0.39, 0.29) is 0 Å². The summed E-state index contributed by atoms with van der Waals surface area (Å²) in [5.74, 6) is 2.35. The summed E-state index contributed by atoms with van der Waals surface area (Å²) in [5, 5.41) is 6.60. The number of halogens is 1. The molecule has 2 aromatic heterocycles. The zero-order valence-electron chi connectivity index (χ0n) is 13.3. The van der Waals surface area contributed by atoms with Gasteiger partial charge in [-0.1, -0.05) is 58.9 Å². The van der Waals surface area contributed by atoms with E-state index in [1.807, 2.05) is 55.5 Å². The topological polar surface area (TPSA) is 64.7 Å². The second-order valence-electron chi connectivity index (χ2n) is 5.40. The van der Waals surface area contributed by atoms with Crippen molar-refractivity contribution in [3.63, 3.8) is 0 Å². The van der Waals surface area contributed by atoms with Crippen LogP contribution in [0.2, 0.25) is 5.02 Å². The Bertz CT molecular complexity index is 1050. The summed E-state index contributed by atoms with van der Waals surface area (Å²) in [4.78, 5) is 13.4. The van der Waals surface area contributed by atoms with Crippen molar-refractivity contribution in [3.8, 4) is 11.4 Å². The lowest BCUT2D eigenvalue weighted by molar-refractivity contribution is 0.391. The first-order valence-electron chi connectivity index (χ1n) is 7.64. The Balaban J connectivity index is 1.57. The van der Waals surface area contributed by atoms with Crippen LogP contribution in [0.4, 0.5) is 0 Å². The lowest BCUT2D eigenvalue weighted by atomic mass is 10.2. The van der Waals surface area contributed by atoms with E-state index < -0.39 is 0 Å². The minimum Gasteiger partial charge on any atom is -0.338 e. The molecule has 0 aliphatic rings. The van der Waals surface area contributed by atoms with E-state index in [9.17, 15) is 0 Å². The molecule has 0 atom stereocenters. The smallest absolute Gasteiger partial charge is 0.237 e. The molecule has 0 saturated carbocycles. The molecule has 0 amide bonds. The fourth-order valence-electron chi connectivity index (χ4n) is 2.46.